The number of nitrogens with one attached hydrogen (secondary N) is 2. The molecular formula is C21H31BN4O5Si. The lowest BCUT2D eigenvalue weighted by Crippen LogP contribution is -2.55. The number of carbonyl (C=O) groups is 2. The summed E-state index contributed by atoms with van der Waals surface area (Å²) in [6, 6.07) is 6.27. The van der Waals surface area contributed by atoms with E-state index in [4.69, 9.17) is 0 Å². The number of benzene rings is 1. The summed E-state index contributed by atoms with van der Waals surface area (Å²) in [7, 11) is -4.19. The smallest absolute Gasteiger partial charge is 0.428 e. The van der Waals surface area contributed by atoms with E-state index in [0.29, 0.717) is 6.42 Å². The van der Waals surface area contributed by atoms with Crippen molar-refractivity contribution in [2.24, 2.45) is 5.92 Å². The molecule has 2 aromatic rings. The molecule has 0 spiro atoms. The van der Waals surface area contributed by atoms with Crippen LogP contribution in [0, 0.1) is 5.92 Å². The van der Waals surface area contributed by atoms with Gasteiger partial charge in [0.15, 0.2) is 0 Å². The molecule has 2 rings (SSSR count). The molecule has 1 aromatic carbocycles. The quantitative estimate of drug-likeness (QED) is 0.309. The Morgan fingerprint density at radius 2 is 1.75 bits per heavy atom. The minimum atomic E-state index is -2.46. The van der Waals surface area contributed by atoms with Crippen LogP contribution >= 0.6 is 0 Å². The van der Waals surface area contributed by atoms with Crippen molar-refractivity contribution >= 4 is 32.4 Å². The molecular weight excluding hydrogens is 427 g/mol. The molecule has 0 radical (unpaired) electrons. The zero-order chi connectivity index (χ0) is 23.9. The topological polar surface area (TPSA) is 145 Å². The first-order valence-corrected chi connectivity index (χ1v) is 13.5. The molecule has 0 fully saturated rings. The summed E-state index contributed by atoms with van der Waals surface area (Å²) < 4.78 is 0. The number of hydrogen-bond acceptors (Lipinski definition) is 7. The second-order valence-electron chi connectivity index (χ2n) is 8.74. The van der Waals surface area contributed by atoms with Crippen molar-refractivity contribution in [3.8, 4) is 0 Å². The van der Waals surface area contributed by atoms with E-state index in [1.807, 2.05) is 51.2 Å². The zero-order valence-corrected chi connectivity index (χ0v) is 19.8. The maximum atomic E-state index is 13.0. The molecule has 0 saturated heterocycles. The van der Waals surface area contributed by atoms with E-state index in [1.54, 1.807) is 0 Å². The van der Waals surface area contributed by atoms with Crippen LogP contribution in [0.1, 0.15) is 36.3 Å². The monoisotopic (exact) mass is 458 g/mol. The van der Waals surface area contributed by atoms with Gasteiger partial charge in [-0.3, -0.25) is 14.6 Å². The lowest BCUT2D eigenvalue weighted by Gasteiger charge is -2.24. The van der Waals surface area contributed by atoms with Crippen LogP contribution in [-0.4, -0.2) is 64.0 Å². The molecule has 1 aromatic heterocycles. The average Bonchev–Trinajstić information content (AvgIpc) is 2.72. The lowest BCUT2D eigenvalue weighted by molar-refractivity contribution is -0.123. The molecule has 2 amide bonds. The molecule has 0 saturated carbocycles. The highest BCUT2D eigenvalue weighted by Crippen LogP contribution is 2.09. The summed E-state index contributed by atoms with van der Waals surface area (Å²) in [5.41, 5.74) is 0.839. The Hall–Kier alpha value is -2.60. The van der Waals surface area contributed by atoms with Gasteiger partial charge >= 0.3 is 7.12 Å². The molecule has 2 atom stereocenters. The summed E-state index contributed by atoms with van der Waals surface area (Å²) in [5.74, 6) is -1.86. The van der Waals surface area contributed by atoms with Gasteiger partial charge in [-0.2, -0.15) is 0 Å². The van der Waals surface area contributed by atoms with Crippen LogP contribution in [0.4, 0.5) is 0 Å². The van der Waals surface area contributed by atoms with Crippen molar-refractivity contribution in [1.82, 2.24) is 20.6 Å². The van der Waals surface area contributed by atoms with Gasteiger partial charge in [0.1, 0.15) is 11.7 Å². The van der Waals surface area contributed by atoms with E-state index < -0.39 is 39.2 Å². The summed E-state index contributed by atoms with van der Waals surface area (Å²) in [4.78, 5) is 43.7. The number of amides is 2. The molecule has 0 aliphatic rings. The highest BCUT2D eigenvalue weighted by Gasteiger charge is 2.30. The van der Waals surface area contributed by atoms with E-state index >= 15 is 0 Å². The number of rotatable bonds is 10. The Morgan fingerprint density at radius 1 is 1.09 bits per heavy atom. The first-order chi connectivity index (χ1) is 15.0. The number of carbonyl (C=O) groups excluding carboxylic acids is 2. The fourth-order valence-corrected chi connectivity index (χ4v) is 4.17. The second kappa shape index (κ2) is 11.3. The summed E-state index contributed by atoms with van der Waals surface area (Å²) in [5, 5.41) is 25.5. The van der Waals surface area contributed by atoms with Gasteiger partial charge in [-0.1, -0.05) is 38.1 Å². The third kappa shape index (κ3) is 7.83. The molecule has 172 valence electrons. The van der Waals surface area contributed by atoms with Gasteiger partial charge in [0.05, 0.1) is 12.1 Å². The van der Waals surface area contributed by atoms with Gasteiger partial charge in [0.25, 0.3) is 5.91 Å². The summed E-state index contributed by atoms with van der Waals surface area (Å²) in [6.45, 7) is 7.44. The van der Waals surface area contributed by atoms with Crippen molar-refractivity contribution in [1.29, 1.82) is 0 Å². The van der Waals surface area contributed by atoms with Gasteiger partial charge in [-0.05, 0) is 36.2 Å². The van der Waals surface area contributed by atoms with Crippen LogP contribution in [0.25, 0.3) is 0 Å². The molecule has 0 unspecified atom stereocenters. The highest BCUT2D eigenvalue weighted by molar-refractivity contribution is 6.83. The second-order valence-corrected chi connectivity index (χ2v) is 12.4. The third-order valence-corrected chi connectivity index (χ3v) is 6.68. The normalized spacial score (nSPS) is 13.4. The van der Waals surface area contributed by atoms with E-state index in [2.05, 4.69) is 20.6 Å². The van der Waals surface area contributed by atoms with Crippen LogP contribution < -0.4 is 15.8 Å². The van der Waals surface area contributed by atoms with Crippen molar-refractivity contribution in [2.45, 2.75) is 51.8 Å². The van der Waals surface area contributed by atoms with Crippen LogP contribution in [0.3, 0.4) is 0 Å². The Bertz CT molecular complexity index is 891. The third-order valence-electron chi connectivity index (χ3n) is 4.93. The van der Waals surface area contributed by atoms with Crippen LogP contribution in [0.5, 0.6) is 0 Å². The molecule has 11 heteroatoms. The van der Waals surface area contributed by atoms with Gasteiger partial charge < -0.3 is 25.5 Å². The minimum Gasteiger partial charge on any atom is -0.428 e. The molecule has 5 N–H and O–H groups in total. The standard InChI is InChI=1S/C21H31BN4O5Si/c1-14(2)11-19(22(29)30)26-20(27)17(25-21(28)18-13-23-9-10-24-18)12-15-5-7-16(8-6-15)32(3,4)31/h5-10,13-14,17,19,29-31H,11-12H2,1-4H3,(H,25,28)(H,26,27)/t17-,19-/m0/s1. The molecule has 0 aliphatic heterocycles. The Balaban J connectivity index is 2.23. The summed E-state index contributed by atoms with van der Waals surface area (Å²) in [6.07, 6.45) is 4.64. The fourth-order valence-electron chi connectivity index (χ4n) is 3.19. The molecule has 9 nitrogen and oxygen atoms in total. The van der Waals surface area contributed by atoms with Gasteiger partial charge in [0.2, 0.25) is 14.2 Å². The van der Waals surface area contributed by atoms with Crippen LogP contribution in [0.15, 0.2) is 42.9 Å². The van der Waals surface area contributed by atoms with Crippen molar-refractivity contribution < 1.29 is 24.4 Å². The Morgan fingerprint density at radius 3 is 2.25 bits per heavy atom. The van der Waals surface area contributed by atoms with E-state index in [9.17, 15) is 24.4 Å². The van der Waals surface area contributed by atoms with Crippen molar-refractivity contribution in [3.05, 3.63) is 54.1 Å². The summed E-state index contributed by atoms with van der Waals surface area (Å²) >= 11 is 0. The van der Waals surface area contributed by atoms with E-state index in [1.165, 1.54) is 18.6 Å². The Kier molecular flexibility index (Phi) is 9.08. The number of nitrogens with zero attached hydrogens (tertiary/aromatic N) is 2. The number of hydrogen-bond donors (Lipinski definition) is 5. The number of aromatic nitrogens is 2. The van der Waals surface area contributed by atoms with Crippen LogP contribution in [0.2, 0.25) is 13.1 Å². The van der Waals surface area contributed by atoms with Crippen molar-refractivity contribution in [2.75, 3.05) is 0 Å². The SMILES string of the molecule is CC(C)C[C@H](NC(=O)[C@H](Cc1ccc([Si](C)(C)O)cc1)NC(=O)c1cnccn1)B(O)O. The lowest BCUT2D eigenvalue weighted by atomic mass is 9.75. The first kappa shape index (κ1) is 25.7. The van der Waals surface area contributed by atoms with Gasteiger partial charge in [-0.25, -0.2) is 4.98 Å². The molecule has 32 heavy (non-hydrogen) atoms. The predicted octanol–water partition coefficient (Wildman–Crippen LogP) is -0.235. The molecule has 0 aliphatic carbocycles. The highest BCUT2D eigenvalue weighted by atomic mass is 28.4. The van der Waals surface area contributed by atoms with Gasteiger partial charge in [-0.15, -0.1) is 0 Å². The average molecular weight is 458 g/mol. The fraction of sp³-hybridized carbons (Fsp3) is 0.429. The molecule has 0 bridgehead atoms. The Labute approximate surface area is 189 Å². The van der Waals surface area contributed by atoms with Crippen LogP contribution in [-0.2, 0) is 11.2 Å². The van der Waals surface area contributed by atoms with Gasteiger partial charge in [0, 0.05) is 18.8 Å². The zero-order valence-electron chi connectivity index (χ0n) is 18.8. The first-order valence-electron chi connectivity index (χ1n) is 10.5. The van der Waals surface area contributed by atoms with E-state index in [0.717, 1.165) is 10.8 Å². The minimum absolute atomic E-state index is 0.0644. The maximum Gasteiger partial charge on any atom is 0.475 e. The van der Waals surface area contributed by atoms with E-state index in [-0.39, 0.29) is 18.0 Å². The maximum absolute atomic E-state index is 13.0. The predicted molar refractivity (Wildman–Crippen MR) is 124 cm³/mol. The molecule has 1 heterocycles. The largest absolute Gasteiger partial charge is 0.475 e. The van der Waals surface area contributed by atoms with Crippen molar-refractivity contribution in [3.63, 3.8) is 0 Å².